The molecule has 3 rings (SSSR count). The molecule has 1 aromatic carbocycles. The van der Waals surface area contributed by atoms with Gasteiger partial charge in [0.05, 0.1) is 5.56 Å². The third-order valence-electron chi connectivity index (χ3n) is 4.14. The zero-order valence-electron chi connectivity index (χ0n) is 12.4. The van der Waals surface area contributed by atoms with Gasteiger partial charge in [0.25, 0.3) is 0 Å². The van der Waals surface area contributed by atoms with Gasteiger partial charge in [-0.25, -0.2) is 9.37 Å². The second-order valence-corrected chi connectivity index (χ2v) is 5.75. The standard InChI is InChI=1S/C16H17F4N3/c17-14-4-3-13(16(18,19)20)8-12(14)10-21-9-11-2-1-6-23-7-5-22-15(11)23/h3-5,7-8,11,21H,1-2,6,9-10H2. The first-order valence-electron chi connectivity index (χ1n) is 7.52. The molecule has 1 aliphatic rings. The highest BCUT2D eigenvalue weighted by Gasteiger charge is 2.31. The van der Waals surface area contributed by atoms with Gasteiger partial charge in [-0.3, -0.25) is 0 Å². The van der Waals surface area contributed by atoms with E-state index in [0.29, 0.717) is 6.54 Å². The topological polar surface area (TPSA) is 29.9 Å². The summed E-state index contributed by atoms with van der Waals surface area (Å²) >= 11 is 0. The van der Waals surface area contributed by atoms with Crippen LogP contribution < -0.4 is 5.32 Å². The predicted molar refractivity (Wildman–Crippen MR) is 77.3 cm³/mol. The highest BCUT2D eigenvalue weighted by Crippen LogP contribution is 2.30. The molecule has 0 fully saturated rings. The Hall–Kier alpha value is -1.89. The lowest BCUT2D eigenvalue weighted by Crippen LogP contribution is -2.27. The van der Waals surface area contributed by atoms with Crippen molar-refractivity contribution in [3.05, 3.63) is 53.4 Å². The molecular weight excluding hydrogens is 310 g/mol. The third kappa shape index (κ3) is 3.55. The van der Waals surface area contributed by atoms with Crippen LogP contribution in [0.3, 0.4) is 0 Å². The molecule has 1 unspecified atom stereocenters. The first-order valence-corrected chi connectivity index (χ1v) is 7.52. The molecule has 0 radical (unpaired) electrons. The molecule has 3 nitrogen and oxygen atoms in total. The van der Waals surface area contributed by atoms with Crippen LogP contribution in [0.2, 0.25) is 0 Å². The Morgan fingerprint density at radius 2 is 2.13 bits per heavy atom. The molecule has 23 heavy (non-hydrogen) atoms. The van der Waals surface area contributed by atoms with Crippen molar-refractivity contribution in [2.24, 2.45) is 0 Å². The Morgan fingerprint density at radius 1 is 1.30 bits per heavy atom. The molecule has 0 saturated carbocycles. The van der Waals surface area contributed by atoms with Gasteiger partial charge in [-0.1, -0.05) is 0 Å². The van der Waals surface area contributed by atoms with Gasteiger partial charge in [-0.05, 0) is 31.0 Å². The van der Waals surface area contributed by atoms with Crippen molar-refractivity contribution in [1.29, 1.82) is 0 Å². The number of imidazole rings is 1. The number of nitrogens with zero attached hydrogens (tertiary/aromatic N) is 2. The molecule has 2 heterocycles. The van der Waals surface area contributed by atoms with E-state index in [-0.39, 0.29) is 18.0 Å². The monoisotopic (exact) mass is 327 g/mol. The van der Waals surface area contributed by atoms with Crippen LogP contribution in [-0.2, 0) is 19.3 Å². The minimum absolute atomic E-state index is 0.0268. The van der Waals surface area contributed by atoms with E-state index in [1.807, 2.05) is 6.20 Å². The molecule has 0 amide bonds. The number of rotatable bonds is 4. The Labute approximate surface area is 131 Å². The smallest absolute Gasteiger partial charge is 0.335 e. The molecule has 1 atom stereocenters. The maximum Gasteiger partial charge on any atom is 0.416 e. The number of nitrogens with one attached hydrogen (secondary N) is 1. The average Bonchev–Trinajstić information content (AvgIpc) is 2.97. The molecule has 0 bridgehead atoms. The Balaban J connectivity index is 1.64. The molecule has 1 N–H and O–H groups in total. The lowest BCUT2D eigenvalue weighted by molar-refractivity contribution is -0.137. The average molecular weight is 327 g/mol. The van der Waals surface area contributed by atoms with Crippen molar-refractivity contribution in [2.45, 2.75) is 38.0 Å². The summed E-state index contributed by atoms with van der Waals surface area (Å²) in [4.78, 5) is 4.33. The van der Waals surface area contributed by atoms with Gasteiger partial charge < -0.3 is 9.88 Å². The third-order valence-corrected chi connectivity index (χ3v) is 4.14. The summed E-state index contributed by atoms with van der Waals surface area (Å²) < 4.78 is 53.8. The number of fused-ring (bicyclic) bond motifs is 1. The van der Waals surface area contributed by atoms with Gasteiger partial charge in [-0.2, -0.15) is 13.2 Å². The lowest BCUT2D eigenvalue weighted by atomic mass is 9.99. The quantitative estimate of drug-likeness (QED) is 0.868. The van der Waals surface area contributed by atoms with Gasteiger partial charge in [-0.15, -0.1) is 0 Å². The fourth-order valence-electron chi connectivity index (χ4n) is 2.97. The van der Waals surface area contributed by atoms with E-state index in [4.69, 9.17) is 0 Å². The Morgan fingerprint density at radius 3 is 2.91 bits per heavy atom. The molecule has 0 saturated heterocycles. The highest BCUT2D eigenvalue weighted by molar-refractivity contribution is 5.27. The number of benzene rings is 1. The van der Waals surface area contributed by atoms with Crippen molar-refractivity contribution in [2.75, 3.05) is 6.54 Å². The van der Waals surface area contributed by atoms with Crippen LogP contribution in [0.1, 0.15) is 35.7 Å². The van der Waals surface area contributed by atoms with E-state index in [0.717, 1.165) is 43.4 Å². The maximum absolute atomic E-state index is 13.7. The van der Waals surface area contributed by atoms with Crippen molar-refractivity contribution in [1.82, 2.24) is 14.9 Å². The second kappa shape index (κ2) is 6.31. The molecule has 7 heteroatoms. The molecule has 2 aromatic rings. The first-order chi connectivity index (χ1) is 10.9. The number of hydrogen-bond acceptors (Lipinski definition) is 2. The van der Waals surface area contributed by atoms with Gasteiger partial charge in [0.15, 0.2) is 0 Å². The fraction of sp³-hybridized carbons (Fsp3) is 0.438. The largest absolute Gasteiger partial charge is 0.416 e. The summed E-state index contributed by atoms with van der Waals surface area (Å²) in [5, 5.41) is 3.06. The summed E-state index contributed by atoms with van der Waals surface area (Å²) in [6.45, 7) is 1.56. The maximum atomic E-state index is 13.7. The van der Waals surface area contributed by atoms with Gasteiger partial charge in [0.2, 0.25) is 0 Å². The van der Waals surface area contributed by atoms with E-state index < -0.39 is 17.6 Å². The summed E-state index contributed by atoms with van der Waals surface area (Å²) in [6.07, 6.45) is 1.22. The van der Waals surface area contributed by atoms with Crippen molar-refractivity contribution < 1.29 is 17.6 Å². The number of aryl methyl sites for hydroxylation is 1. The Kier molecular flexibility index (Phi) is 4.39. The Bertz CT molecular complexity index is 678. The van der Waals surface area contributed by atoms with E-state index in [1.54, 1.807) is 6.20 Å². The number of halogens is 4. The predicted octanol–water partition coefficient (Wildman–Crippen LogP) is 3.71. The number of alkyl halides is 3. The normalized spacial score (nSPS) is 18.0. The van der Waals surface area contributed by atoms with Crippen LogP contribution in [0.4, 0.5) is 17.6 Å². The molecule has 0 spiro atoms. The van der Waals surface area contributed by atoms with E-state index in [9.17, 15) is 17.6 Å². The summed E-state index contributed by atoms with van der Waals surface area (Å²) in [6, 6.07) is 2.49. The SMILES string of the molecule is Fc1ccc(C(F)(F)F)cc1CNCC1CCCn2ccnc21. The molecular formula is C16H17F4N3. The van der Waals surface area contributed by atoms with Crippen LogP contribution in [-0.4, -0.2) is 16.1 Å². The van der Waals surface area contributed by atoms with E-state index in [2.05, 4.69) is 14.9 Å². The van der Waals surface area contributed by atoms with Gasteiger partial charge >= 0.3 is 6.18 Å². The van der Waals surface area contributed by atoms with E-state index in [1.165, 1.54) is 0 Å². The molecule has 0 aliphatic carbocycles. The molecule has 1 aromatic heterocycles. The summed E-state index contributed by atoms with van der Waals surface area (Å²) in [7, 11) is 0. The van der Waals surface area contributed by atoms with Crippen molar-refractivity contribution in [3.8, 4) is 0 Å². The summed E-state index contributed by atoms with van der Waals surface area (Å²) in [5.41, 5.74) is -0.803. The minimum Gasteiger partial charge on any atom is -0.335 e. The fourth-order valence-corrected chi connectivity index (χ4v) is 2.97. The zero-order valence-corrected chi connectivity index (χ0v) is 12.4. The summed E-state index contributed by atoms with van der Waals surface area (Å²) in [5.74, 6) is 0.552. The minimum atomic E-state index is -4.46. The van der Waals surface area contributed by atoms with Crippen LogP contribution in [0.25, 0.3) is 0 Å². The van der Waals surface area contributed by atoms with Gasteiger partial charge in [0, 0.05) is 43.5 Å². The number of aromatic nitrogens is 2. The second-order valence-electron chi connectivity index (χ2n) is 5.75. The molecule has 1 aliphatic heterocycles. The lowest BCUT2D eigenvalue weighted by Gasteiger charge is -2.23. The van der Waals surface area contributed by atoms with Gasteiger partial charge in [0.1, 0.15) is 11.6 Å². The number of hydrogen-bond donors (Lipinski definition) is 1. The van der Waals surface area contributed by atoms with Crippen molar-refractivity contribution in [3.63, 3.8) is 0 Å². The zero-order chi connectivity index (χ0) is 16.4. The molecule has 124 valence electrons. The van der Waals surface area contributed by atoms with Crippen LogP contribution >= 0.6 is 0 Å². The van der Waals surface area contributed by atoms with Crippen LogP contribution in [0.5, 0.6) is 0 Å². The van der Waals surface area contributed by atoms with Crippen LogP contribution in [0, 0.1) is 5.82 Å². The highest BCUT2D eigenvalue weighted by atomic mass is 19.4. The first kappa shape index (κ1) is 16.0. The van der Waals surface area contributed by atoms with Crippen molar-refractivity contribution >= 4 is 0 Å². The van der Waals surface area contributed by atoms with E-state index >= 15 is 0 Å². The van der Waals surface area contributed by atoms with Crippen LogP contribution in [0.15, 0.2) is 30.6 Å².